The molecule has 0 aliphatic heterocycles. The van der Waals surface area contributed by atoms with Crippen LogP contribution in [-0.2, 0) is 16.6 Å². The van der Waals surface area contributed by atoms with Crippen molar-refractivity contribution in [1.29, 1.82) is 0 Å². The molecule has 0 unspecified atom stereocenters. The Morgan fingerprint density at radius 2 is 1.80 bits per heavy atom. The van der Waals surface area contributed by atoms with E-state index < -0.39 is 10.0 Å². The fourth-order valence-corrected chi connectivity index (χ4v) is 2.61. The molecule has 0 bridgehead atoms. The van der Waals surface area contributed by atoms with E-state index in [1.54, 1.807) is 6.07 Å². The molecule has 2 aromatic carbocycles. The molecule has 0 amide bonds. The van der Waals surface area contributed by atoms with Crippen molar-refractivity contribution >= 4 is 26.0 Å². The van der Waals surface area contributed by atoms with Gasteiger partial charge in [0.05, 0.1) is 4.90 Å². The minimum absolute atomic E-state index is 0.0124. The van der Waals surface area contributed by atoms with Gasteiger partial charge in [0.15, 0.2) is 0 Å². The number of hydrogen-bond acceptors (Lipinski definition) is 3. The summed E-state index contributed by atoms with van der Waals surface area (Å²) in [6.07, 6.45) is 0. The summed E-state index contributed by atoms with van der Waals surface area (Å²) in [6.45, 7) is 0.172. The maximum absolute atomic E-state index is 13.2. The highest BCUT2D eigenvalue weighted by molar-refractivity contribution is 9.10. The normalized spacial score (nSPS) is 11.3. The highest BCUT2D eigenvalue weighted by Crippen LogP contribution is 2.19. The summed E-state index contributed by atoms with van der Waals surface area (Å²) in [4.78, 5) is 0.0124. The van der Waals surface area contributed by atoms with Crippen molar-refractivity contribution < 1.29 is 17.5 Å². The van der Waals surface area contributed by atoms with E-state index in [0.717, 1.165) is 0 Å². The zero-order valence-corrected chi connectivity index (χ0v) is 12.6. The van der Waals surface area contributed by atoms with Crippen LogP contribution < -0.4 is 9.88 Å². The number of rotatable bonds is 4. The second kappa shape index (κ2) is 5.90. The van der Waals surface area contributed by atoms with Gasteiger partial charge in [0, 0.05) is 4.47 Å². The first-order valence-corrected chi connectivity index (χ1v) is 7.89. The van der Waals surface area contributed by atoms with Crippen LogP contribution in [-0.4, -0.2) is 8.42 Å². The van der Waals surface area contributed by atoms with E-state index in [1.165, 1.54) is 36.4 Å². The zero-order chi connectivity index (χ0) is 14.8. The zero-order valence-electron chi connectivity index (χ0n) is 10.2. The highest BCUT2D eigenvalue weighted by Gasteiger charge is 2.07. The van der Waals surface area contributed by atoms with Crippen molar-refractivity contribution in [3.8, 4) is 5.75 Å². The molecule has 0 radical (unpaired) electrons. The monoisotopic (exact) mass is 359 g/mol. The molecule has 0 aliphatic carbocycles. The predicted octanol–water partition coefficient (Wildman–Crippen LogP) is 2.81. The molecule has 2 rings (SSSR count). The SMILES string of the molecule is NS(=O)(=O)c1ccc(OCc2cc(F)cc(Br)c2)cc1. The lowest BCUT2D eigenvalue weighted by atomic mass is 10.2. The van der Waals surface area contributed by atoms with Gasteiger partial charge in [0.1, 0.15) is 18.2 Å². The van der Waals surface area contributed by atoms with E-state index in [0.29, 0.717) is 15.8 Å². The summed E-state index contributed by atoms with van der Waals surface area (Å²) >= 11 is 3.19. The Kier molecular flexibility index (Phi) is 4.42. The van der Waals surface area contributed by atoms with Gasteiger partial charge < -0.3 is 4.74 Å². The lowest BCUT2D eigenvalue weighted by Crippen LogP contribution is -2.11. The molecule has 2 N–H and O–H groups in total. The summed E-state index contributed by atoms with van der Waals surface area (Å²) in [5, 5.41) is 4.99. The van der Waals surface area contributed by atoms with E-state index in [9.17, 15) is 12.8 Å². The summed E-state index contributed by atoms with van der Waals surface area (Å²) in [6, 6.07) is 10.1. The van der Waals surface area contributed by atoms with Gasteiger partial charge in [-0.1, -0.05) is 15.9 Å². The van der Waals surface area contributed by atoms with Gasteiger partial charge in [-0.05, 0) is 48.0 Å². The van der Waals surface area contributed by atoms with Crippen LogP contribution in [0, 0.1) is 5.82 Å². The quantitative estimate of drug-likeness (QED) is 0.912. The van der Waals surface area contributed by atoms with Crippen molar-refractivity contribution in [3.63, 3.8) is 0 Å². The Morgan fingerprint density at radius 3 is 2.35 bits per heavy atom. The number of halogens is 2. The molecule has 0 spiro atoms. The minimum atomic E-state index is -3.71. The Bertz CT molecular complexity index is 697. The molecule has 106 valence electrons. The maximum Gasteiger partial charge on any atom is 0.238 e. The Balaban J connectivity index is 2.07. The number of primary sulfonamides is 1. The molecule has 0 heterocycles. The van der Waals surface area contributed by atoms with Gasteiger partial charge in [0.25, 0.3) is 0 Å². The first-order chi connectivity index (χ1) is 9.34. The lowest BCUT2D eigenvalue weighted by Gasteiger charge is -2.07. The van der Waals surface area contributed by atoms with E-state index in [1.807, 2.05) is 0 Å². The largest absolute Gasteiger partial charge is 0.489 e. The van der Waals surface area contributed by atoms with Crippen molar-refractivity contribution in [2.45, 2.75) is 11.5 Å². The third-order valence-corrected chi connectivity index (χ3v) is 3.87. The summed E-state index contributed by atoms with van der Waals surface area (Å²) in [5.74, 6) is 0.111. The van der Waals surface area contributed by atoms with E-state index in [4.69, 9.17) is 9.88 Å². The van der Waals surface area contributed by atoms with Crippen molar-refractivity contribution in [3.05, 3.63) is 58.3 Å². The molecule has 2 aromatic rings. The molecule has 20 heavy (non-hydrogen) atoms. The number of ether oxygens (including phenoxy) is 1. The highest BCUT2D eigenvalue weighted by atomic mass is 79.9. The summed E-state index contributed by atoms with van der Waals surface area (Å²) < 4.78 is 41.4. The minimum Gasteiger partial charge on any atom is -0.489 e. The third kappa shape index (κ3) is 4.03. The third-order valence-electron chi connectivity index (χ3n) is 2.48. The number of nitrogens with two attached hydrogens (primary N) is 1. The second-order valence-electron chi connectivity index (χ2n) is 4.08. The molecule has 4 nitrogen and oxygen atoms in total. The molecule has 0 fully saturated rings. The fourth-order valence-electron chi connectivity index (χ4n) is 1.59. The molecule has 0 atom stereocenters. The molecule has 0 saturated heterocycles. The standard InChI is InChI=1S/C13H11BrFNO3S/c14-10-5-9(6-11(15)7-10)8-19-12-1-3-13(4-2-12)20(16,17)18/h1-7H,8H2,(H2,16,17,18). The molecule has 0 aromatic heterocycles. The fraction of sp³-hybridized carbons (Fsp3) is 0.0769. The lowest BCUT2D eigenvalue weighted by molar-refractivity contribution is 0.305. The number of benzene rings is 2. The van der Waals surface area contributed by atoms with E-state index >= 15 is 0 Å². The van der Waals surface area contributed by atoms with Crippen LogP contribution in [0.1, 0.15) is 5.56 Å². The van der Waals surface area contributed by atoms with Crippen LogP contribution in [0.2, 0.25) is 0 Å². The second-order valence-corrected chi connectivity index (χ2v) is 6.56. The predicted molar refractivity (Wildman–Crippen MR) is 76.2 cm³/mol. The summed E-state index contributed by atoms with van der Waals surface area (Å²) in [5.41, 5.74) is 0.660. The average molecular weight is 360 g/mol. The topological polar surface area (TPSA) is 69.4 Å². The number of sulfonamides is 1. The van der Waals surface area contributed by atoms with E-state index in [2.05, 4.69) is 15.9 Å². The van der Waals surface area contributed by atoms with Crippen LogP contribution >= 0.6 is 15.9 Å². The van der Waals surface area contributed by atoms with Gasteiger partial charge in [0.2, 0.25) is 10.0 Å². The average Bonchev–Trinajstić information content (AvgIpc) is 2.35. The Morgan fingerprint density at radius 1 is 1.15 bits per heavy atom. The first kappa shape index (κ1) is 15.0. The molecule has 0 aliphatic rings. The van der Waals surface area contributed by atoms with Gasteiger partial charge in [-0.25, -0.2) is 17.9 Å². The molecule has 0 saturated carbocycles. The molecular weight excluding hydrogens is 349 g/mol. The molecule has 7 heteroatoms. The van der Waals surface area contributed by atoms with Gasteiger partial charge >= 0.3 is 0 Å². The summed E-state index contributed by atoms with van der Waals surface area (Å²) in [7, 11) is -3.71. The Hall–Kier alpha value is -1.44. The van der Waals surface area contributed by atoms with E-state index in [-0.39, 0.29) is 17.3 Å². The van der Waals surface area contributed by atoms with Crippen LogP contribution in [0.4, 0.5) is 4.39 Å². The number of hydrogen-bond donors (Lipinski definition) is 1. The van der Waals surface area contributed by atoms with Crippen molar-refractivity contribution in [2.75, 3.05) is 0 Å². The smallest absolute Gasteiger partial charge is 0.238 e. The maximum atomic E-state index is 13.2. The Labute approximate surface area is 124 Å². The van der Waals surface area contributed by atoms with Crippen molar-refractivity contribution in [1.82, 2.24) is 0 Å². The van der Waals surface area contributed by atoms with Gasteiger partial charge in [-0.3, -0.25) is 0 Å². The van der Waals surface area contributed by atoms with Crippen LogP contribution in [0.25, 0.3) is 0 Å². The van der Waals surface area contributed by atoms with Crippen LogP contribution in [0.15, 0.2) is 51.8 Å². The molecular formula is C13H11BrFNO3S. The van der Waals surface area contributed by atoms with Gasteiger partial charge in [-0.2, -0.15) is 0 Å². The van der Waals surface area contributed by atoms with Gasteiger partial charge in [-0.15, -0.1) is 0 Å². The first-order valence-electron chi connectivity index (χ1n) is 5.55. The van der Waals surface area contributed by atoms with Crippen molar-refractivity contribution in [2.24, 2.45) is 5.14 Å². The van der Waals surface area contributed by atoms with Crippen LogP contribution in [0.3, 0.4) is 0 Å². The van der Waals surface area contributed by atoms with Crippen LogP contribution in [0.5, 0.6) is 5.75 Å².